The summed E-state index contributed by atoms with van der Waals surface area (Å²) in [5.74, 6) is 1.46. The Morgan fingerprint density at radius 1 is 1.07 bits per heavy atom. The summed E-state index contributed by atoms with van der Waals surface area (Å²) in [4.78, 5) is 13.4. The number of aromatic nitrogens is 3. The number of aliphatic hydroxyl groups excluding tert-OH is 1. The number of nitrogens with one attached hydrogen (secondary N) is 2. The monoisotopic (exact) mass is 377 g/mol. The largest absolute Gasteiger partial charge is 0.394 e. The van der Waals surface area contributed by atoms with Gasteiger partial charge in [0, 0.05) is 30.6 Å². The fraction of sp³-hybridized carbons (Fsp3) is 0.318. The molecule has 1 aromatic carbocycles. The van der Waals surface area contributed by atoms with Crippen LogP contribution in [0.2, 0.25) is 0 Å². The third kappa shape index (κ3) is 5.04. The highest BCUT2D eigenvalue weighted by Gasteiger charge is 2.15. The van der Waals surface area contributed by atoms with E-state index in [1.54, 1.807) is 12.4 Å². The fourth-order valence-electron chi connectivity index (χ4n) is 2.85. The molecule has 0 saturated heterocycles. The van der Waals surface area contributed by atoms with Gasteiger partial charge in [0.2, 0.25) is 5.95 Å². The molecule has 1 atom stereocenters. The molecular formula is C22H27N5O. The third-order valence-electron chi connectivity index (χ3n) is 4.72. The van der Waals surface area contributed by atoms with E-state index in [2.05, 4.69) is 58.5 Å². The van der Waals surface area contributed by atoms with Gasteiger partial charge >= 0.3 is 0 Å². The molecule has 0 aliphatic carbocycles. The maximum atomic E-state index is 9.65. The summed E-state index contributed by atoms with van der Waals surface area (Å²) >= 11 is 0. The van der Waals surface area contributed by atoms with Gasteiger partial charge in [-0.3, -0.25) is 4.98 Å². The quantitative estimate of drug-likeness (QED) is 0.552. The van der Waals surface area contributed by atoms with E-state index in [-0.39, 0.29) is 18.6 Å². The number of aryl methyl sites for hydroxylation is 1. The van der Waals surface area contributed by atoms with Crippen LogP contribution in [0.3, 0.4) is 0 Å². The zero-order valence-electron chi connectivity index (χ0n) is 16.6. The summed E-state index contributed by atoms with van der Waals surface area (Å²) in [5.41, 5.74) is 4.14. The number of aliphatic hydroxyl groups is 1. The van der Waals surface area contributed by atoms with Crippen molar-refractivity contribution in [2.24, 2.45) is 5.92 Å². The lowest BCUT2D eigenvalue weighted by Crippen LogP contribution is -2.30. The van der Waals surface area contributed by atoms with Crippen molar-refractivity contribution in [2.45, 2.75) is 33.4 Å². The minimum atomic E-state index is -0.117. The summed E-state index contributed by atoms with van der Waals surface area (Å²) in [6, 6.07) is 13.9. The van der Waals surface area contributed by atoms with Crippen LogP contribution in [0, 0.1) is 12.8 Å². The van der Waals surface area contributed by atoms with Crippen molar-refractivity contribution < 1.29 is 5.11 Å². The van der Waals surface area contributed by atoms with Crippen molar-refractivity contribution in [3.8, 4) is 11.3 Å². The number of nitrogens with zero attached hydrogens (tertiary/aromatic N) is 3. The molecule has 0 spiro atoms. The summed E-state index contributed by atoms with van der Waals surface area (Å²) < 4.78 is 0. The highest BCUT2D eigenvalue weighted by molar-refractivity contribution is 5.63. The van der Waals surface area contributed by atoms with Gasteiger partial charge in [-0.2, -0.15) is 4.98 Å². The molecule has 146 valence electrons. The van der Waals surface area contributed by atoms with Crippen LogP contribution >= 0.6 is 0 Å². The Kier molecular flexibility index (Phi) is 6.55. The Balaban J connectivity index is 1.89. The van der Waals surface area contributed by atoms with E-state index in [9.17, 15) is 5.11 Å². The first-order chi connectivity index (χ1) is 13.6. The molecule has 6 heteroatoms. The lowest BCUT2D eigenvalue weighted by molar-refractivity contribution is 0.248. The second kappa shape index (κ2) is 9.28. The van der Waals surface area contributed by atoms with E-state index in [0.29, 0.717) is 12.5 Å². The smallest absolute Gasteiger partial charge is 0.225 e. The van der Waals surface area contributed by atoms with E-state index in [1.165, 1.54) is 11.1 Å². The van der Waals surface area contributed by atoms with Gasteiger partial charge in [0.1, 0.15) is 5.82 Å². The molecule has 3 aromatic rings. The molecule has 2 aromatic heterocycles. The maximum absolute atomic E-state index is 9.65. The number of rotatable bonds is 8. The van der Waals surface area contributed by atoms with Gasteiger partial charge in [0.05, 0.1) is 18.3 Å². The van der Waals surface area contributed by atoms with Crippen molar-refractivity contribution in [3.05, 3.63) is 66.0 Å². The molecule has 3 N–H and O–H groups in total. The van der Waals surface area contributed by atoms with E-state index in [1.807, 2.05) is 30.3 Å². The highest BCUT2D eigenvalue weighted by Crippen LogP contribution is 2.22. The molecule has 0 aliphatic heterocycles. The number of anilines is 2. The summed E-state index contributed by atoms with van der Waals surface area (Å²) in [6.45, 7) is 6.89. The molecule has 3 rings (SSSR count). The molecule has 2 heterocycles. The Morgan fingerprint density at radius 2 is 1.89 bits per heavy atom. The number of hydrogen-bond acceptors (Lipinski definition) is 6. The zero-order chi connectivity index (χ0) is 19.9. The van der Waals surface area contributed by atoms with Gasteiger partial charge in [-0.1, -0.05) is 38.1 Å². The maximum Gasteiger partial charge on any atom is 0.225 e. The van der Waals surface area contributed by atoms with Gasteiger partial charge in [-0.05, 0) is 36.1 Å². The van der Waals surface area contributed by atoms with E-state index in [4.69, 9.17) is 0 Å². The Bertz CT molecular complexity index is 898. The van der Waals surface area contributed by atoms with Crippen LogP contribution in [0.15, 0.2) is 54.9 Å². The molecule has 0 unspecified atom stereocenters. The first-order valence-electron chi connectivity index (χ1n) is 9.52. The van der Waals surface area contributed by atoms with Crippen LogP contribution in [0.5, 0.6) is 0 Å². The van der Waals surface area contributed by atoms with Crippen LogP contribution in [-0.2, 0) is 6.54 Å². The predicted octanol–water partition coefficient (Wildman–Crippen LogP) is 3.89. The normalized spacial score (nSPS) is 12.0. The Hall–Kier alpha value is -2.99. The average molecular weight is 377 g/mol. The molecule has 0 aliphatic rings. The van der Waals surface area contributed by atoms with Crippen molar-refractivity contribution >= 4 is 11.8 Å². The zero-order valence-corrected chi connectivity index (χ0v) is 16.6. The topological polar surface area (TPSA) is 83.0 Å². The molecule has 0 radical (unpaired) electrons. The number of benzene rings is 1. The molecule has 0 fully saturated rings. The fourth-order valence-corrected chi connectivity index (χ4v) is 2.85. The highest BCUT2D eigenvalue weighted by atomic mass is 16.3. The van der Waals surface area contributed by atoms with Crippen molar-refractivity contribution in [1.29, 1.82) is 0 Å². The summed E-state index contributed by atoms with van der Waals surface area (Å²) in [7, 11) is 0. The van der Waals surface area contributed by atoms with Gasteiger partial charge in [-0.15, -0.1) is 0 Å². The van der Waals surface area contributed by atoms with E-state index >= 15 is 0 Å². The minimum absolute atomic E-state index is 0.0180. The molecular weight excluding hydrogens is 350 g/mol. The van der Waals surface area contributed by atoms with Gasteiger partial charge in [0.15, 0.2) is 0 Å². The first-order valence-corrected chi connectivity index (χ1v) is 9.52. The van der Waals surface area contributed by atoms with E-state index in [0.717, 1.165) is 17.1 Å². The molecule has 0 saturated carbocycles. The van der Waals surface area contributed by atoms with Crippen LogP contribution in [0.25, 0.3) is 11.3 Å². The minimum Gasteiger partial charge on any atom is -0.394 e. The van der Waals surface area contributed by atoms with Crippen molar-refractivity contribution in [3.63, 3.8) is 0 Å². The second-order valence-corrected chi connectivity index (χ2v) is 7.16. The summed E-state index contributed by atoms with van der Waals surface area (Å²) in [6.07, 6.45) is 3.52. The summed E-state index contributed by atoms with van der Waals surface area (Å²) in [5, 5.41) is 16.3. The molecule has 0 bridgehead atoms. The first kappa shape index (κ1) is 19.8. The SMILES string of the molecule is Cc1ccccc1CNc1cc(-c2cccnc2)nc(N[C@H](CO)C(C)C)n1. The lowest BCUT2D eigenvalue weighted by atomic mass is 10.1. The van der Waals surface area contributed by atoms with Gasteiger partial charge < -0.3 is 15.7 Å². The lowest BCUT2D eigenvalue weighted by Gasteiger charge is -2.20. The van der Waals surface area contributed by atoms with E-state index < -0.39 is 0 Å². The van der Waals surface area contributed by atoms with Crippen LogP contribution in [-0.4, -0.2) is 32.7 Å². The predicted molar refractivity (Wildman–Crippen MR) is 113 cm³/mol. The van der Waals surface area contributed by atoms with Gasteiger partial charge in [-0.25, -0.2) is 4.98 Å². The second-order valence-electron chi connectivity index (χ2n) is 7.16. The average Bonchev–Trinajstić information content (AvgIpc) is 2.71. The number of hydrogen-bond donors (Lipinski definition) is 3. The van der Waals surface area contributed by atoms with Gasteiger partial charge in [0.25, 0.3) is 0 Å². The standard InChI is InChI=1S/C22H27N5O/c1-15(2)20(14-28)26-22-25-19(18-9-6-10-23-12-18)11-21(27-22)24-13-17-8-5-4-7-16(17)3/h4-12,15,20,28H,13-14H2,1-3H3,(H2,24,25,26,27)/t20-/m1/s1. The Labute approximate surface area is 166 Å². The van der Waals surface area contributed by atoms with Crippen LogP contribution < -0.4 is 10.6 Å². The Morgan fingerprint density at radius 3 is 2.57 bits per heavy atom. The van der Waals surface area contributed by atoms with Crippen LogP contribution in [0.1, 0.15) is 25.0 Å². The third-order valence-corrected chi connectivity index (χ3v) is 4.72. The molecule has 6 nitrogen and oxygen atoms in total. The van der Waals surface area contributed by atoms with Crippen LogP contribution in [0.4, 0.5) is 11.8 Å². The number of pyridine rings is 1. The molecule has 28 heavy (non-hydrogen) atoms. The van der Waals surface area contributed by atoms with Crippen molar-refractivity contribution in [2.75, 3.05) is 17.2 Å². The van der Waals surface area contributed by atoms with Crippen molar-refractivity contribution in [1.82, 2.24) is 15.0 Å². The molecule has 0 amide bonds.